The molecule has 0 bridgehead atoms. The van der Waals surface area contributed by atoms with Crippen molar-refractivity contribution in [3.8, 4) is 0 Å². The second-order valence-corrected chi connectivity index (χ2v) is 14.3. The summed E-state index contributed by atoms with van der Waals surface area (Å²) in [4.78, 5) is 5.44. The van der Waals surface area contributed by atoms with E-state index in [1.54, 1.807) is 0 Å². The zero-order chi connectivity index (χ0) is 26.0. The van der Waals surface area contributed by atoms with Gasteiger partial charge in [0.25, 0.3) is 0 Å². The normalized spacial score (nSPS) is 12.2. The minimum atomic E-state index is -2.38. The number of fused-ring (bicyclic) bond motifs is 9. The van der Waals surface area contributed by atoms with E-state index >= 15 is 0 Å². The molecule has 0 aliphatic carbocycles. The summed E-state index contributed by atoms with van der Waals surface area (Å²) in [6.07, 6.45) is 0. The van der Waals surface area contributed by atoms with Gasteiger partial charge in [-0.25, -0.2) is 4.98 Å². The molecule has 0 N–H and O–H groups in total. The molecule has 0 aliphatic rings. The van der Waals surface area contributed by atoms with Crippen molar-refractivity contribution in [1.82, 2.24) is 9.38 Å². The summed E-state index contributed by atoms with van der Waals surface area (Å²) in [6, 6.07) is 47.2. The van der Waals surface area contributed by atoms with Crippen LogP contribution in [0.5, 0.6) is 0 Å². The predicted molar refractivity (Wildman–Crippen MR) is 171 cm³/mol. The maximum Gasteiger partial charge on any atom is 0.146 e. The Morgan fingerprint density at radius 3 is 1.77 bits per heavy atom. The Labute approximate surface area is 231 Å². The highest BCUT2D eigenvalue weighted by Gasteiger charge is 2.28. The number of hydrogen-bond donors (Lipinski definition) is 0. The van der Waals surface area contributed by atoms with Gasteiger partial charge in [-0.15, -0.1) is 0 Å². The van der Waals surface area contributed by atoms with E-state index in [9.17, 15) is 0 Å². The third-order valence-corrected chi connectivity index (χ3v) is 12.7. The number of imidazole rings is 1. The molecule has 0 unspecified atom stereocenters. The molecule has 8 aromatic rings. The van der Waals surface area contributed by atoms with E-state index in [1.807, 2.05) is 0 Å². The van der Waals surface area contributed by atoms with E-state index in [-0.39, 0.29) is 0 Å². The summed E-state index contributed by atoms with van der Waals surface area (Å²) >= 11 is 6.75. The lowest BCUT2D eigenvalue weighted by atomic mass is 10.0. The van der Waals surface area contributed by atoms with Crippen LogP contribution in [0.1, 0.15) is 0 Å². The number of para-hydroxylation sites is 2. The second kappa shape index (κ2) is 8.61. The Hall–Kier alpha value is -4.30. The van der Waals surface area contributed by atoms with Gasteiger partial charge in [0.1, 0.15) is 5.65 Å². The minimum absolute atomic E-state index is 0.972. The topological polar surface area (TPSA) is 17.3 Å². The lowest BCUT2D eigenvalue weighted by Gasteiger charge is -2.24. The predicted octanol–water partition coefficient (Wildman–Crippen LogP) is 7.70. The SMILES string of the molecule is S=P(c1ccccc1)(c1ccccc1)c1cccc2c1nc1c3cc4ccccc4cc3c3ccccc3n21. The van der Waals surface area contributed by atoms with Gasteiger partial charge in [-0.1, -0.05) is 127 Å². The van der Waals surface area contributed by atoms with Crippen molar-refractivity contribution in [2.24, 2.45) is 0 Å². The van der Waals surface area contributed by atoms with Crippen molar-refractivity contribution < 1.29 is 0 Å². The molecule has 0 radical (unpaired) electrons. The van der Waals surface area contributed by atoms with E-state index in [0.717, 1.165) is 32.9 Å². The largest absolute Gasteiger partial charge is 0.292 e. The molecular formula is C35H23N2PS. The molecule has 6 aromatic carbocycles. The molecule has 2 heterocycles. The molecule has 0 atom stereocenters. The Balaban J connectivity index is 1.57. The number of rotatable bonds is 3. The number of aromatic nitrogens is 2. The minimum Gasteiger partial charge on any atom is -0.292 e. The number of benzene rings is 6. The molecule has 8 rings (SSSR count). The Bertz CT molecular complexity index is 2210. The van der Waals surface area contributed by atoms with Crippen molar-refractivity contribution in [3.05, 3.63) is 140 Å². The molecule has 0 fully saturated rings. The zero-order valence-corrected chi connectivity index (χ0v) is 22.7. The standard InChI is InChI=1S/C35H23N2PS/c39-38(26-14-3-1-4-15-26,27-16-5-2-6-17-27)33-21-11-20-32-34(33)36-35-30-23-25-13-8-7-12-24(25)22-29(30)28-18-9-10-19-31(28)37(32)35/h1-23H. The summed E-state index contributed by atoms with van der Waals surface area (Å²) in [5, 5.41) is 9.54. The van der Waals surface area contributed by atoms with Crippen LogP contribution in [0.3, 0.4) is 0 Å². The smallest absolute Gasteiger partial charge is 0.146 e. The van der Waals surface area contributed by atoms with E-state index in [1.165, 1.54) is 32.2 Å². The van der Waals surface area contributed by atoms with Gasteiger partial charge in [0.15, 0.2) is 0 Å². The van der Waals surface area contributed by atoms with Gasteiger partial charge in [-0.05, 0) is 51.0 Å². The van der Waals surface area contributed by atoms with Crippen LogP contribution in [0.2, 0.25) is 0 Å². The maximum atomic E-state index is 6.75. The average Bonchev–Trinajstić information content (AvgIpc) is 3.41. The Morgan fingerprint density at radius 1 is 0.513 bits per heavy atom. The molecule has 2 nitrogen and oxygen atoms in total. The van der Waals surface area contributed by atoms with Gasteiger partial charge in [-0.2, -0.15) is 0 Å². The van der Waals surface area contributed by atoms with Crippen LogP contribution in [0, 0.1) is 0 Å². The Morgan fingerprint density at radius 2 is 1.08 bits per heavy atom. The quantitative estimate of drug-likeness (QED) is 0.131. The van der Waals surface area contributed by atoms with Gasteiger partial charge in [0.2, 0.25) is 0 Å². The van der Waals surface area contributed by atoms with E-state index in [2.05, 4.69) is 144 Å². The van der Waals surface area contributed by atoms with Gasteiger partial charge in [0.05, 0.1) is 16.6 Å². The van der Waals surface area contributed by atoms with Crippen LogP contribution in [-0.2, 0) is 11.8 Å². The lowest BCUT2D eigenvalue weighted by Crippen LogP contribution is -2.25. The monoisotopic (exact) mass is 534 g/mol. The average molecular weight is 535 g/mol. The van der Waals surface area contributed by atoms with Crippen molar-refractivity contribution in [3.63, 3.8) is 0 Å². The van der Waals surface area contributed by atoms with Crippen LogP contribution in [0.15, 0.2) is 140 Å². The Kier molecular flexibility index (Phi) is 5.00. The fourth-order valence-electron chi connectivity index (χ4n) is 6.01. The molecule has 0 saturated carbocycles. The van der Waals surface area contributed by atoms with Crippen LogP contribution >= 0.6 is 6.04 Å². The fourth-order valence-corrected chi connectivity index (χ4v) is 9.98. The molecule has 0 amide bonds. The lowest BCUT2D eigenvalue weighted by molar-refractivity contribution is 1.32. The molecule has 4 heteroatoms. The third-order valence-electron chi connectivity index (χ3n) is 7.80. The highest BCUT2D eigenvalue weighted by Crippen LogP contribution is 2.45. The first-order valence-electron chi connectivity index (χ1n) is 13.1. The molecule has 0 spiro atoms. The van der Waals surface area contributed by atoms with Crippen molar-refractivity contribution in [2.45, 2.75) is 0 Å². The van der Waals surface area contributed by atoms with E-state index < -0.39 is 6.04 Å². The van der Waals surface area contributed by atoms with Gasteiger partial charge >= 0.3 is 0 Å². The summed E-state index contributed by atoms with van der Waals surface area (Å²) in [6.45, 7) is 0. The molecule has 2 aromatic heterocycles. The maximum absolute atomic E-state index is 6.75. The van der Waals surface area contributed by atoms with Gasteiger partial charge in [0, 0.05) is 22.1 Å². The molecule has 0 saturated heterocycles. The third kappa shape index (κ3) is 3.27. The molecule has 39 heavy (non-hydrogen) atoms. The van der Waals surface area contributed by atoms with Crippen molar-refractivity contribution in [1.29, 1.82) is 0 Å². The number of pyridine rings is 1. The van der Waals surface area contributed by atoms with Crippen LogP contribution in [-0.4, -0.2) is 9.38 Å². The number of hydrogen-bond acceptors (Lipinski definition) is 2. The summed E-state index contributed by atoms with van der Waals surface area (Å²) in [7, 11) is 0. The highest BCUT2D eigenvalue weighted by molar-refractivity contribution is 8.25. The first-order chi connectivity index (χ1) is 19.2. The zero-order valence-electron chi connectivity index (χ0n) is 21.0. The summed E-state index contributed by atoms with van der Waals surface area (Å²) in [5.74, 6) is 0. The first kappa shape index (κ1) is 22.7. The van der Waals surface area contributed by atoms with Crippen LogP contribution < -0.4 is 15.9 Å². The first-order valence-corrected chi connectivity index (χ1v) is 15.9. The van der Waals surface area contributed by atoms with Gasteiger partial charge in [-0.3, -0.25) is 4.40 Å². The van der Waals surface area contributed by atoms with Gasteiger partial charge < -0.3 is 0 Å². The van der Waals surface area contributed by atoms with Crippen LogP contribution in [0.4, 0.5) is 0 Å². The van der Waals surface area contributed by atoms with Crippen molar-refractivity contribution in [2.75, 3.05) is 0 Å². The van der Waals surface area contributed by atoms with Crippen molar-refractivity contribution >= 4 is 82.9 Å². The van der Waals surface area contributed by atoms with Crippen LogP contribution in [0.25, 0.3) is 49.1 Å². The summed E-state index contributed by atoms with van der Waals surface area (Å²) in [5.41, 5.74) is 4.21. The number of nitrogens with zero attached hydrogens (tertiary/aromatic N) is 2. The highest BCUT2D eigenvalue weighted by atomic mass is 32.4. The molecular weight excluding hydrogens is 511 g/mol. The molecule has 184 valence electrons. The summed E-state index contributed by atoms with van der Waals surface area (Å²) < 4.78 is 2.33. The fraction of sp³-hybridized carbons (Fsp3) is 0. The van der Waals surface area contributed by atoms with E-state index in [0.29, 0.717) is 0 Å². The van der Waals surface area contributed by atoms with E-state index in [4.69, 9.17) is 16.8 Å². The second-order valence-electron chi connectivity index (χ2n) is 9.96. The molecule has 0 aliphatic heterocycles.